The van der Waals surface area contributed by atoms with E-state index in [0.29, 0.717) is 6.61 Å². The molecule has 0 radical (unpaired) electrons. The molecule has 3 aliphatic rings. The fourth-order valence-electron chi connectivity index (χ4n) is 12.7. The first-order valence-electron chi connectivity index (χ1n) is 34.6. The van der Waals surface area contributed by atoms with Crippen LogP contribution in [0, 0.1) is 0 Å². The summed E-state index contributed by atoms with van der Waals surface area (Å²) in [5.74, 6) is -0.636. The first-order valence-corrected chi connectivity index (χ1v) is 34.6. The van der Waals surface area contributed by atoms with Crippen molar-refractivity contribution in [3.8, 4) is 0 Å². The Morgan fingerprint density at radius 2 is 0.515 bits per heavy atom. The number of methoxy groups -OCH3 is 1. The van der Waals surface area contributed by atoms with Gasteiger partial charge in [0.25, 0.3) is 0 Å². The number of rotatable bonds is 36. The first-order chi connectivity index (χ1) is 49.9. The highest BCUT2D eigenvalue weighted by atomic mass is 16.8. The van der Waals surface area contributed by atoms with E-state index in [9.17, 15) is 4.79 Å². The van der Waals surface area contributed by atoms with Crippen LogP contribution >= 0.6 is 0 Å². The molecule has 0 N–H and O–H groups in total. The van der Waals surface area contributed by atoms with Gasteiger partial charge in [0.1, 0.15) is 67.1 Å². The Bertz CT molecular complexity index is 3750. The van der Waals surface area contributed by atoms with Crippen LogP contribution in [0.15, 0.2) is 273 Å². The van der Waals surface area contributed by atoms with Gasteiger partial charge in [-0.1, -0.05) is 273 Å². The van der Waals surface area contributed by atoms with Crippen molar-refractivity contribution in [1.29, 1.82) is 0 Å². The molecule has 0 saturated carbocycles. The van der Waals surface area contributed by atoms with Gasteiger partial charge in [-0.3, -0.25) is 4.79 Å². The summed E-state index contributed by atoms with van der Waals surface area (Å²) in [6.07, 6.45) is -15.4. The lowest BCUT2D eigenvalue weighted by molar-refractivity contribution is -0.378. The highest BCUT2D eigenvalue weighted by molar-refractivity contribution is 5.66. The number of benzene rings is 9. The molecule has 3 fully saturated rings. The molecule has 12 rings (SSSR count). The summed E-state index contributed by atoms with van der Waals surface area (Å²) >= 11 is 0. The molecule has 3 saturated heterocycles. The lowest BCUT2D eigenvalue weighted by Gasteiger charge is -2.50. The van der Waals surface area contributed by atoms with Gasteiger partial charge in [-0.15, -0.1) is 0 Å². The number of esters is 1. The number of ether oxygens (including phenoxy) is 16. The number of hydrogen-bond donors (Lipinski definition) is 0. The molecule has 0 amide bonds. The zero-order valence-corrected chi connectivity index (χ0v) is 57.1. The van der Waals surface area contributed by atoms with E-state index >= 15 is 0 Å². The number of hydrogen-bond acceptors (Lipinski definition) is 17. The van der Waals surface area contributed by atoms with Gasteiger partial charge in [-0.2, -0.15) is 0 Å². The lowest BCUT2D eigenvalue weighted by Crippen LogP contribution is -2.67. The second-order valence-electron chi connectivity index (χ2n) is 25.2. The molecule has 0 aromatic heterocycles. The average Bonchev–Trinajstić information content (AvgIpc) is 0.768. The van der Waals surface area contributed by atoms with E-state index in [1.54, 1.807) is 0 Å². The van der Waals surface area contributed by atoms with Crippen LogP contribution in [-0.4, -0.2) is 125 Å². The Morgan fingerprint density at radius 1 is 0.267 bits per heavy atom. The van der Waals surface area contributed by atoms with Crippen molar-refractivity contribution in [3.63, 3.8) is 0 Å². The van der Waals surface area contributed by atoms with E-state index in [1.807, 2.05) is 273 Å². The predicted octanol–water partition coefficient (Wildman–Crippen LogP) is 13.7. The third kappa shape index (κ3) is 21.5. The van der Waals surface area contributed by atoms with Crippen molar-refractivity contribution in [3.05, 3.63) is 323 Å². The summed E-state index contributed by atoms with van der Waals surface area (Å²) in [7, 11) is 1.53. The number of carbonyl (C=O) groups excluding carboxylic acids is 1. The van der Waals surface area contributed by atoms with E-state index in [1.165, 1.54) is 14.0 Å². The van der Waals surface area contributed by atoms with E-state index < -0.39 is 98.1 Å². The minimum absolute atomic E-state index is 0.0401. The minimum Gasteiger partial charge on any atom is -0.457 e. The Kier molecular flexibility index (Phi) is 27.9. The molecular formula is C84H90O17. The van der Waals surface area contributed by atoms with Gasteiger partial charge in [-0.05, 0) is 50.1 Å². The van der Waals surface area contributed by atoms with Gasteiger partial charge in [0.15, 0.2) is 25.0 Å². The predicted molar refractivity (Wildman–Crippen MR) is 377 cm³/mol. The van der Waals surface area contributed by atoms with Gasteiger partial charge < -0.3 is 75.8 Å². The van der Waals surface area contributed by atoms with Crippen molar-refractivity contribution in [1.82, 2.24) is 0 Å². The standard InChI is InChI=1S/C84H90O17/c1-60(85)97-75-72(59-96-83-79(93-54-67-42-24-9-25-43-67)76(91-52-65-38-20-7-21-39-65)73(89-50-63-34-16-5-17-35-63)70(99-83)57-87-48-61-30-12-3-13-31-61)98-82(86-2)81(95-56-69-46-28-11-29-47-69)78(75)101-84-80(94-55-68-44-26-10-27-45-68)77(92-53-66-40-22-8-23-41-66)74(90-51-64-36-18-6-19-37-64)71(100-84)58-88-49-62-32-14-4-15-33-62/h3-47,70-84H,48-59H2,1-2H3/t70-,71-,72+,73-,74-,75+,76-,77-,78-,79+,80-,81+,82+,83+,84-/m0/s1. The molecule has 15 atom stereocenters. The first kappa shape index (κ1) is 72.6. The van der Waals surface area contributed by atoms with Crippen molar-refractivity contribution >= 4 is 5.97 Å². The summed E-state index contributed by atoms with van der Waals surface area (Å²) in [5.41, 5.74) is 8.32. The molecule has 17 nitrogen and oxygen atoms in total. The quantitative estimate of drug-likeness (QED) is 0.0340. The highest BCUT2D eigenvalue weighted by Crippen LogP contribution is 2.39. The monoisotopic (exact) mass is 1370 g/mol. The van der Waals surface area contributed by atoms with Crippen LogP contribution in [0.25, 0.3) is 0 Å². The maximum absolute atomic E-state index is 14.1. The van der Waals surface area contributed by atoms with Gasteiger partial charge >= 0.3 is 5.97 Å². The largest absolute Gasteiger partial charge is 0.457 e. The molecule has 101 heavy (non-hydrogen) atoms. The molecule has 0 unspecified atom stereocenters. The Balaban J connectivity index is 0.921. The van der Waals surface area contributed by atoms with Gasteiger partial charge in [0.05, 0.1) is 79.3 Å². The molecular weight excluding hydrogens is 1280 g/mol. The Hall–Kier alpha value is -8.15. The molecule has 17 heteroatoms. The zero-order valence-electron chi connectivity index (χ0n) is 57.1. The average molecular weight is 1370 g/mol. The van der Waals surface area contributed by atoms with Crippen LogP contribution in [0.2, 0.25) is 0 Å². The fraction of sp³-hybridized carbons (Fsp3) is 0.345. The fourth-order valence-corrected chi connectivity index (χ4v) is 12.7. The molecule has 0 bridgehead atoms. The van der Waals surface area contributed by atoms with E-state index in [0.717, 1.165) is 50.1 Å². The van der Waals surface area contributed by atoms with Crippen molar-refractivity contribution in [2.45, 2.75) is 159 Å². The van der Waals surface area contributed by atoms with Gasteiger partial charge in [-0.25, -0.2) is 0 Å². The topological polar surface area (TPSA) is 165 Å². The van der Waals surface area contributed by atoms with Crippen LogP contribution in [0.3, 0.4) is 0 Å². The zero-order chi connectivity index (χ0) is 69.1. The summed E-state index contributed by atoms with van der Waals surface area (Å²) in [4.78, 5) is 14.1. The molecule has 3 aliphatic heterocycles. The molecule has 9 aromatic carbocycles. The van der Waals surface area contributed by atoms with Gasteiger partial charge in [0.2, 0.25) is 0 Å². The SMILES string of the molecule is CO[C@@H]1O[C@H](CO[C@@H]2O[C@@H](COCc3ccccc3)[C@H](OCc3ccccc3)[C@H](OCc3ccccc3)[C@H]2OCc2ccccc2)[C@@H](OC(C)=O)[C@H](O[C@@H]2O[C@@H](COCc3ccccc3)[C@H](OCc3ccccc3)[C@H](OCc3ccccc3)[C@@H]2OCc2ccccc2)[C@H]1OCc1ccccc1. The second-order valence-corrected chi connectivity index (χ2v) is 25.2. The van der Waals surface area contributed by atoms with E-state index in [-0.39, 0.29) is 72.7 Å². The molecule has 0 spiro atoms. The van der Waals surface area contributed by atoms with Crippen LogP contribution in [0.4, 0.5) is 0 Å². The molecule has 528 valence electrons. The maximum Gasteiger partial charge on any atom is 0.303 e. The Labute approximate surface area is 592 Å². The molecule has 3 heterocycles. The van der Waals surface area contributed by atoms with Crippen molar-refractivity contribution in [2.75, 3.05) is 26.9 Å². The highest BCUT2D eigenvalue weighted by Gasteiger charge is 2.56. The molecule has 0 aliphatic carbocycles. The third-order valence-electron chi connectivity index (χ3n) is 17.8. The van der Waals surface area contributed by atoms with Gasteiger partial charge in [0, 0.05) is 14.0 Å². The van der Waals surface area contributed by atoms with E-state index in [4.69, 9.17) is 75.8 Å². The summed E-state index contributed by atoms with van der Waals surface area (Å²) < 4.78 is 112. The third-order valence-corrected chi connectivity index (χ3v) is 17.8. The maximum atomic E-state index is 14.1. The minimum atomic E-state index is -1.31. The summed E-state index contributed by atoms with van der Waals surface area (Å²) in [5, 5.41) is 0. The van der Waals surface area contributed by atoms with Crippen LogP contribution in [-0.2, 0) is 140 Å². The van der Waals surface area contributed by atoms with E-state index in [2.05, 4.69) is 0 Å². The second kappa shape index (κ2) is 38.8. The molecule has 9 aromatic rings. The smallest absolute Gasteiger partial charge is 0.303 e. The van der Waals surface area contributed by atoms with Crippen molar-refractivity contribution in [2.24, 2.45) is 0 Å². The van der Waals surface area contributed by atoms with Crippen molar-refractivity contribution < 1.29 is 80.6 Å². The Morgan fingerprint density at radius 3 is 0.822 bits per heavy atom. The number of carbonyl (C=O) groups is 1. The van der Waals surface area contributed by atoms with Crippen LogP contribution in [0.1, 0.15) is 57.0 Å². The normalized spacial score (nSPS) is 25.1. The summed E-state index contributed by atoms with van der Waals surface area (Å²) in [6, 6.07) is 89.0. The lowest BCUT2D eigenvalue weighted by atomic mass is 9.95. The van der Waals surface area contributed by atoms with Crippen LogP contribution < -0.4 is 0 Å². The van der Waals surface area contributed by atoms with Crippen LogP contribution in [0.5, 0.6) is 0 Å². The summed E-state index contributed by atoms with van der Waals surface area (Å²) in [6.45, 7) is 2.88.